The van der Waals surface area contributed by atoms with Gasteiger partial charge in [-0.05, 0) is 23.6 Å². The van der Waals surface area contributed by atoms with E-state index in [1.165, 1.54) is 16.1 Å². The molecule has 1 aromatic rings. The van der Waals surface area contributed by atoms with Crippen LogP contribution in [0.4, 0.5) is 5.69 Å². The van der Waals surface area contributed by atoms with Gasteiger partial charge in [0.15, 0.2) is 0 Å². The first-order valence-corrected chi connectivity index (χ1v) is 5.87. The molecule has 0 saturated heterocycles. The summed E-state index contributed by atoms with van der Waals surface area (Å²) in [5.41, 5.74) is 3.70. The summed E-state index contributed by atoms with van der Waals surface area (Å²) >= 11 is 1.86. The first kappa shape index (κ1) is 9.66. The van der Waals surface area contributed by atoms with Gasteiger partial charge in [0.2, 0.25) is 0 Å². The SMILES string of the molecule is C=C1CSc2ccc(C(C)C)cc2N1. The Morgan fingerprint density at radius 2 is 2.21 bits per heavy atom. The highest BCUT2D eigenvalue weighted by Crippen LogP contribution is 2.35. The molecule has 2 rings (SSSR count). The Bertz CT molecular complexity index is 369. The molecule has 1 aliphatic rings. The van der Waals surface area contributed by atoms with E-state index < -0.39 is 0 Å². The maximum atomic E-state index is 3.96. The topological polar surface area (TPSA) is 12.0 Å². The number of rotatable bonds is 1. The second-order valence-corrected chi connectivity index (χ2v) is 4.94. The van der Waals surface area contributed by atoms with Crippen LogP contribution in [-0.2, 0) is 0 Å². The highest BCUT2D eigenvalue weighted by molar-refractivity contribution is 7.99. The van der Waals surface area contributed by atoms with E-state index in [-0.39, 0.29) is 0 Å². The monoisotopic (exact) mass is 205 g/mol. The highest BCUT2D eigenvalue weighted by Gasteiger charge is 2.12. The average molecular weight is 205 g/mol. The first-order chi connectivity index (χ1) is 6.66. The van der Waals surface area contributed by atoms with Gasteiger partial charge in [0.25, 0.3) is 0 Å². The zero-order valence-electron chi connectivity index (χ0n) is 8.63. The zero-order valence-corrected chi connectivity index (χ0v) is 9.45. The molecule has 0 aliphatic carbocycles. The molecule has 2 heteroatoms. The Hall–Kier alpha value is -0.890. The largest absolute Gasteiger partial charge is 0.358 e. The summed E-state index contributed by atoms with van der Waals surface area (Å²) in [5, 5.41) is 3.34. The third-order valence-electron chi connectivity index (χ3n) is 2.38. The third-order valence-corrected chi connectivity index (χ3v) is 3.54. The van der Waals surface area contributed by atoms with Crippen molar-refractivity contribution in [3.8, 4) is 0 Å². The van der Waals surface area contributed by atoms with E-state index >= 15 is 0 Å². The lowest BCUT2D eigenvalue weighted by molar-refractivity contribution is 0.865. The van der Waals surface area contributed by atoms with E-state index in [2.05, 4.69) is 43.9 Å². The van der Waals surface area contributed by atoms with Gasteiger partial charge in [0.1, 0.15) is 0 Å². The van der Waals surface area contributed by atoms with Crippen molar-refractivity contribution in [3.63, 3.8) is 0 Å². The van der Waals surface area contributed by atoms with Gasteiger partial charge < -0.3 is 5.32 Å². The Kier molecular flexibility index (Phi) is 2.55. The van der Waals surface area contributed by atoms with Gasteiger partial charge in [-0.1, -0.05) is 26.5 Å². The predicted octanol–water partition coefficient (Wildman–Crippen LogP) is 3.84. The molecule has 0 atom stereocenters. The molecule has 1 N–H and O–H groups in total. The van der Waals surface area contributed by atoms with Crippen LogP contribution in [0.5, 0.6) is 0 Å². The molecule has 0 spiro atoms. The van der Waals surface area contributed by atoms with Crippen LogP contribution in [0.2, 0.25) is 0 Å². The average Bonchev–Trinajstić information content (AvgIpc) is 2.16. The van der Waals surface area contributed by atoms with Crippen molar-refractivity contribution in [2.45, 2.75) is 24.7 Å². The molecular formula is C12H15NS. The number of benzene rings is 1. The lowest BCUT2D eigenvalue weighted by atomic mass is 10.0. The van der Waals surface area contributed by atoms with Crippen molar-refractivity contribution in [1.29, 1.82) is 0 Å². The summed E-state index contributed by atoms with van der Waals surface area (Å²) in [6.45, 7) is 8.39. The number of nitrogens with one attached hydrogen (secondary N) is 1. The first-order valence-electron chi connectivity index (χ1n) is 4.88. The van der Waals surface area contributed by atoms with Gasteiger partial charge in [0.05, 0.1) is 5.69 Å². The molecule has 1 heterocycles. The summed E-state index contributed by atoms with van der Waals surface area (Å²) in [6, 6.07) is 6.65. The van der Waals surface area contributed by atoms with Crippen molar-refractivity contribution in [2.24, 2.45) is 0 Å². The van der Waals surface area contributed by atoms with Gasteiger partial charge in [0, 0.05) is 16.3 Å². The van der Waals surface area contributed by atoms with Crippen molar-refractivity contribution in [3.05, 3.63) is 36.0 Å². The molecule has 0 unspecified atom stereocenters. The molecule has 74 valence electrons. The second-order valence-electron chi connectivity index (χ2n) is 3.93. The molecule has 0 radical (unpaired) electrons. The smallest absolute Gasteiger partial charge is 0.0523 e. The summed E-state index contributed by atoms with van der Waals surface area (Å²) < 4.78 is 0. The van der Waals surface area contributed by atoms with Crippen LogP contribution in [0.1, 0.15) is 25.3 Å². The maximum Gasteiger partial charge on any atom is 0.0523 e. The molecule has 0 saturated carbocycles. The fourth-order valence-electron chi connectivity index (χ4n) is 1.52. The van der Waals surface area contributed by atoms with Crippen molar-refractivity contribution in [2.75, 3.05) is 11.1 Å². The van der Waals surface area contributed by atoms with Crippen LogP contribution in [-0.4, -0.2) is 5.75 Å². The van der Waals surface area contributed by atoms with Gasteiger partial charge >= 0.3 is 0 Å². The minimum absolute atomic E-state index is 0.585. The number of hydrogen-bond acceptors (Lipinski definition) is 2. The van der Waals surface area contributed by atoms with Crippen molar-refractivity contribution in [1.82, 2.24) is 0 Å². The highest BCUT2D eigenvalue weighted by atomic mass is 32.2. The number of anilines is 1. The molecule has 0 fully saturated rings. The molecule has 1 aromatic carbocycles. The van der Waals surface area contributed by atoms with Gasteiger partial charge in [-0.2, -0.15) is 0 Å². The van der Waals surface area contributed by atoms with Crippen LogP contribution in [0, 0.1) is 0 Å². The van der Waals surface area contributed by atoms with Crippen LogP contribution in [0.3, 0.4) is 0 Å². The van der Waals surface area contributed by atoms with E-state index in [0.717, 1.165) is 11.4 Å². The quantitative estimate of drug-likeness (QED) is 0.747. The number of fused-ring (bicyclic) bond motifs is 1. The van der Waals surface area contributed by atoms with E-state index in [4.69, 9.17) is 0 Å². The lowest BCUT2D eigenvalue weighted by Crippen LogP contribution is -2.07. The van der Waals surface area contributed by atoms with Gasteiger partial charge in [-0.25, -0.2) is 0 Å². The fraction of sp³-hybridized carbons (Fsp3) is 0.333. The molecular weight excluding hydrogens is 190 g/mol. The normalized spacial score (nSPS) is 15.2. The summed E-state index contributed by atoms with van der Waals surface area (Å²) in [4.78, 5) is 1.34. The van der Waals surface area contributed by atoms with E-state index in [1.807, 2.05) is 11.8 Å². The molecule has 0 aromatic heterocycles. The third kappa shape index (κ3) is 1.80. The van der Waals surface area contributed by atoms with Crippen LogP contribution in [0.25, 0.3) is 0 Å². The Morgan fingerprint density at radius 1 is 1.43 bits per heavy atom. The Balaban J connectivity index is 2.37. The Labute approximate surface area is 89.6 Å². The standard InChI is InChI=1S/C12H15NS/c1-8(2)10-4-5-12-11(6-10)13-9(3)7-14-12/h4-6,8,13H,3,7H2,1-2H3. The number of thioether (sulfide) groups is 1. The van der Waals surface area contributed by atoms with Crippen LogP contribution in [0.15, 0.2) is 35.4 Å². The fourth-order valence-corrected chi connectivity index (χ4v) is 2.35. The van der Waals surface area contributed by atoms with Crippen LogP contribution >= 0.6 is 11.8 Å². The predicted molar refractivity (Wildman–Crippen MR) is 64.0 cm³/mol. The van der Waals surface area contributed by atoms with Gasteiger partial charge in [-0.3, -0.25) is 0 Å². The minimum Gasteiger partial charge on any atom is -0.358 e. The summed E-state index contributed by atoms with van der Waals surface area (Å²) in [6.07, 6.45) is 0. The second kappa shape index (κ2) is 3.70. The minimum atomic E-state index is 0.585. The molecule has 0 amide bonds. The molecule has 1 aliphatic heterocycles. The van der Waals surface area contributed by atoms with E-state index in [9.17, 15) is 0 Å². The van der Waals surface area contributed by atoms with Gasteiger partial charge in [-0.15, -0.1) is 11.8 Å². The molecule has 1 nitrogen and oxygen atoms in total. The number of hydrogen-bond donors (Lipinski definition) is 1. The molecule has 14 heavy (non-hydrogen) atoms. The molecule has 0 bridgehead atoms. The Morgan fingerprint density at radius 3 is 2.93 bits per heavy atom. The zero-order chi connectivity index (χ0) is 10.1. The summed E-state index contributed by atoms with van der Waals surface area (Å²) in [5.74, 6) is 1.57. The van der Waals surface area contributed by atoms with Crippen LogP contribution < -0.4 is 5.32 Å². The lowest BCUT2D eigenvalue weighted by Gasteiger charge is -2.20. The van der Waals surface area contributed by atoms with Crippen molar-refractivity contribution >= 4 is 17.4 Å². The maximum absolute atomic E-state index is 3.96. The van der Waals surface area contributed by atoms with E-state index in [1.54, 1.807) is 0 Å². The summed E-state index contributed by atoms with van der Waals surface area (Å²) in [7, 11) is 0. The van der Waals surface area contributed by atoms with E-state index in [0.29, 0.717) is 5.92 Å². The van der Waals surface area contributed by atoms with Crippen molar-refractivity contribution < 1.29 is 0 Å².